The summed E-state index contributed by atoms with van der Waals surface area (Å²) in [6.07, 6.45) is -3.48. The quantitative estimate of drug-likeness (QED) is 0.460. The summed E-state index contributed by atoms with van der Waals surface area (Å²) >= 11 is 0. The molecule has 1 rings (SSSR count). The van der Waals surface area contributed by atoms with Crippen molar-refractivity contribution in [1.82, 2.24) is 10.3 Å². The number of halogens is 3. The van der Waals surface area contributed by atoms with Crippen molar-refractivity contribution in [3.05, 3.63) is 0 Å². The number of amides is 1. The van der Waals surface area contributed by atoms with E-state index in [1.54, 1.807) is 18.7 Å². The lowest BCUT2D eigenvalue weighted by molar-refractivity contribution is -0.189. The molecule has 1 aliphatic rings. The van der Waals surface area contributed by atoms with Crippen LogP contribution in [0.15, 0.2) is 0 Å². The maximum Gasteiger partial charge on any atom is 0.393 e. The maximum atomic E-state index is 12.7. The number of nitrogens with zero attached hydrogens (tertiary/aromatic N) is 1. The van der Waals surface area contributed by atoms with Crippen LogP contribution in [0.1, 0.15) is 26.7 Å². The largest absolute Gasteiger partial charge is 0.393 e. The normalized spacial score (nSPS) is 25.6. The second kappa shape index (κ2) is 5.88. The summed E-state index contributed by atoms with van der Waals surface area (Å²) in [6.45, 7) is 3.99. The van der Waals surface area contributed by atoms with E-state index in [9.17, 15) is 18.0 Å². The Bertz CT molecular complexity index is 296. The molecule has 4 nitrogen and oxygen atoms in total. The Labute approximate surface area is 105 Å². The van der Waals surface area contributed by atoms with Crippen LogP contribution in [0.5, 0.6) is 0 Å². The van der Waals surface area contributed by atoms with Crippen molar-refractivity contribution in [2.45, 2.75) is 38.9 Å². The first-order valence-electron chi connectivity index (χ1n) is 6.08. The van der Waals surface area contributed by atoms with E-state index in [1.165, 1.54) is 0 Å². The summed E-state index contributed by atoms with van der Waals surface area (Å²) in [7, 11) is 0. The molecule has 18 heavy (non-hydrogen) atoms. The first-order chi connectivity index (χ1) is 8.27. The molecule has 0 radical (unpaired) electrons. The van der Waals surface area contributed by atoms with Crippen LogP contribution in [-0.2, 0) is 4.79 Å². The summed E-state index contributed by atoms with van der Waals surface area (Å²) in [6, 6.07) is -0.251. The second-order valence-corrected chi connectivity index (χ2v) is 4.91. The van der Waals surface area contributed by atoms with Crippen molar-refractivity contribution in [2.24, 2.45) is 17.7 Å². The highest BCUT2D eigenvalue weighted by molar-refractivity contribution is 5.78. The number of nitrogens with one attached hydrogen (secondary N) is 1. The summed E-state index contributed by atoms with van der Waals surface area (Å²) in [5, 5.41) is 0. The fraction of sp³-hybridized carbons (Fsp3) is 0.909. The first-order valence-corrected chi connectivity index (χ1v) is 6.08. The van der Waals surface area contributed by atoms with Crippen LogP contribution in [0.25, 0.3) is 0 Å². The van der Waals surface area contributed by atoms with Crippen LogP contribution in [0.4, 0.5) is 13.2 Å². The van der Waals surface area contributed by atoms with Crippen molar-refractivity contribution in [1.29, 1.82) is 0 Å². The first kappa shape index (κ1) is 15.2. The smallest absolute Gasteiger partial charge is 0.299 e. The minimum Gasteiger partial charge on any atom is -0.299 e. The Balaban J connectivity index is 2.63. The van der Waals surface area contributed by atoms with Crippen molar-refractivity contribution < 1.29 is 18.0 Å². The number of likely N-dealkylation sites (tertiary alicyclic amines) is 1. The number of hydrogen-bond donors (Lipinski definition) is 2. The van der Waals surface area contributed by atoms with Crippen LogP contribution in [0, 0.1) is 11.8 Å². The van der Waals surface area contributed by atoms with E-state index >= 15 is 0 Å². The highest BCUT2D eigenvalue weighted by Crippen LogP contribution is 2.34. The average molecular weight is 267 g/mol. The number of alkyl halides is 3. The van der Waals surface area contributed by atoms with E-state index in [-0.39, 0.29) is 24.9 Å². The molecular formula is C11H20F3N3O. The van der Waals surface area contributed by atoms with Gasteiger partial charge in [0.2, 0.25) is 5.91 Å². The Morgan fingerprint density at radius 1 is 1.44 bits per heavy atom. The zero-order chi connectivity index (χ0) is 13.9. The molecule has 3 atom stereocenters. The molecule has 0 aliphatic carbocycles. The van der Waals surface area contributed by atoms with Crippen LogP contribution in [-0.4, -0.2) is 36.1 Å². The molecule has 1 aliphatic heterocycles. The summed E-state index contributed by atoms with van der Waals surface area (Å²) in [4.78, 5) is 13.1. The number of nitrogens with two attached hydrogens (primary N) is 1. The van der Waals surface area contributed by atoms with Gasteiger partial charge in [-0.15, -0.1) is 0 Å². The van der Waals surface area contributed by atoms with Gasteiger partial charge in [0.25, 0.3) is 0 Å². The van der Waals surface area contributed by atoms with Crippen molar-refractivity contribution in [2.75, 3.05) is 13.1 Å². The number of carbonyl (C=O) groups is 1. The molecular weight excluding hydrogens is 247 g/mol. The third kappa shape index (κ3) is 3.58. The van der Waals surface area contributed by atoms with E-state index < -0.39 is 18.0 Å². The lowest BCUT2D eigenvalue weighted by atomic mass is 9.93. The van der Waals surface area contributed by atoms with Crippen LogP contribution >= 0.6 is 0 Å². The molecule has 7 heteroatoms. The van der Waals surface area contributed by atoms with Crippen LogP contribution in [0.2, 0.25) is 0 Å². The SMILES string of the molecule is CC(C(=O)NN)C(C)N1CCCC(C(F)(F)F)C1. The number of rotatable bonds is 3. The van der Waals surface area contributed by atoms with Gasteiger partial charge >= 0.3 is 6.18 Å². The Morgan fingerprint density at radius 2 is 2.06 bits per heavy atom. The van der Waals surface area contributed by atoms with E-state index in [4.69, 9.17) is 5.84 Å². The van der Waals surface area contributed by atoms with Gasteiger partial charge in [0.1, 0.15) is 0 Å². The minimum absolute atomic E-state index is 0.0349. The summed E-state index contributed by atoms with van der Waals surface area (Å²) in [5.41, 5.74) is 2.04. The second-order valence-electron chi connectivity index (χ2n) is 4.91. The van der Waals surface area contributed by atoms with Crippen molar-refractivity contribution in [3.8, 4) is 0 Å². The number of hydrogen-bond acceptors (Lipinski definition) is 3. The maximum absolute atomic E-state index is 12.7. The molecule has 1 fully saturated rings. The zero-order valence-corrected chi connectivity index (χ0v) is 10.6. The molecule has 1 amide bonds. The predicted octanol–water partition coefficient (Wildman–Crippen LogP) is 1.28. The van der Waals surface area contributed by atoms with Gasteiger partial charge < -0.3 is 0 Å². The molecule has 0 aromatic heterocycles. The molecule has 0 aromatic rings. The zero-order valence-electron chi connectivity index (χ0n) is 10.6. The van der Waals surface area contributed by atoms with Crippen LogP contribution in [0.3, 0.4) is 0 Å². The van der Waals surface area contributed by atoms with E-state index in [1.807, 2.05) is 5.43 Å². The molecule has 0 spiro atoms. The Hall–Kier alpha value is -0.820. The van der Waals surface area contributed by atoms with Gasteiger partial charge in [-0.1, -0.05) is 6.92 Å². The fourth-order valence-corrected chi connectivity index (χ4v) is 2.31. The highest BCUT2D eigenvalue weighted by Gasteiger charge is 2.43. The molecule has 0 saturated carbocycles. The third-order valence-corrected chi connectivity index (χ3v) is 3.77. The van der Waals surface area contributed by atoms with Crippen molar-refractivity contribution >= 4 is 5.91 Å². The Morgan fingerprint density at radius 3 is 2.56 bits per heavy atom. The third-order valence-electron chi connectivity index (χ3n) is 3.77. The minimum atomic E-state index is -4.16. The molecule has 1 saturated heterocycles. The Kier molecular flexibility index (Phi) is 4.98. The lowest BCUT2D eigenvalue weighted by Crippen LogP contribution is -2.51. The van der Waals surface area contributed by atoms with E-state index in [2.05, 4.69) is 0 Å². The molecule has 1 heterocycles. The topological polar surface area (TPSA) is 58.4 Å². The standard InChI is InChI=1S/C11H20F3N3O/c1-7(10(18)16-15)8(2)17-5-3-4-9(6-17)11(12,13)14/h7-9H,3-6,15H2,1-2H3,(H,16,18). The highest BCUT2D eigenvalue weighted by atomic mass is 19.4. The van der Waals surface area contributed by atoms with Crippen LogP contribution < -0.4 is 11.3 Å². The van der Waals surface area contributed by atoms with Gasteiger partial charge in [-0.25, -0.2) is 5.84 Å². The van der Waals surface area contributed by atoms with Gasteiger partial charge in [0.05, 0.1) is 11.8 Å². The molecule has 0 aromatic carbocycles. The molecule has 3 unspecified atom stereocenters. The van der Waals surface area contributed by atoms with E-state index in [0.717, 1.165) is 0 Å². The lowest BCUT2D eigenvalue weighted by Gasteiger charge is -2.39. The summed E-state index contributed by atoms with van der Waals surface area (Å²) in [5.74, 6) is 2.97. The van der Waals surface area contributed by atoms with Crippen molar-refractivity contribution in [3.63, 3.8) is 0 Å². The molecule has 3 N–H and O–H groups in total. The van der Waals surface area contributed by atoms with Gasteiger partial charge in [-0.2, -0.15) is 13.2 Å². The molecule has 0 bridgehead atoms. The predicted molar refractivity (Wildman–Crippen MR) is 61.3 cm³/mol. The molecule has 106 valence electrons. The fourth-order valence-electron chi connectivity index (χ4n) is 2.31. The summed E-state index contributed by atoms with van der Waals surface area (Å²) < 4.78 is 38.0. The monoisotopic (exact) mass is 267 g/mol. The van der Waals surface area contributed by atoms with Gasteiger partial charge in [0, 0.05) is 12.6 Å². The van der Waals surface area contributed by atoms with E-state index in [0.29, 0.717) is 13.0 Å². The average Bonchev–Trinajstić information content (AvgIpc) is 2.35. The van der Waals surface area contributed by atoms with Gasteiger partial charge in [-0.05, 0) is 26.3 Å². The number of piperidine rings is 1. The number of hydrazine groups is 1. The van der Waals surface area contributed by atoms with Gasteiger partial charge in [-0.3, -0.25) is 15.1 Å². The number of carbonyl (C=O) groups excluding carboxylic acids is 1. The van der Waals surface area contributed by atoms with Gasteiger partial charge in [0.15, 0.2) is 0 Å².